The van der Waals surface area contributed by atoms with Gasteiger partial charge in [-0.05, 0) is 56.9 Å². The molecule has 0 aromatic carbocycles. The lowest BCUT2D eigenvalue weighted by atomic mass is 9.67. The molecule has 0 bridgehead atoms. The van der Waals surface area contributed by atoms with Crippen LogP contribution >= 0.6 is 0 Å². The van der Waals surface area contributed by atoms with Crippen molar-refractivity contribution in [2.75, 3.05) is 0 Å². The van der Waals surface area contributed by atoms with Gasteiger partial charge in [0.05, 0.1) is 6.10 Å². The number of carbonyl (C=O) groups excluding carboxylic acids is 1. The van der Waals surface area contributed by atoms with Gasteiger partial charge in [0.1, 0.15) is 6.10 Å². The Labute approximate surface area is 220 Å². The molecule has 0 saturated carbocycles. The van der Waals surface area contributed by atoms with Crippen LogP contribution in [0.25, 0.3) is 0 Å². The number of esters is 1. The molecular formula is C33H48O3. The van der Waals surface area contributed by atoms with Crippen molar-refractivity contribution in [2.24, 2.45) is 16.7 Å². The van der Waals surface area contributed by atoms with E-state index in [1.54, 1.807) is 0 Å². The number of aliphatic hydroxyl groups excluding tert-OH is 1. The van der Waals surface area contributed by atoms with E-state index in [0.717, 1.165) is 19.3 Å². The Kier molecular flexibility index (Phi) is 10.5. The predicted octanol–water partition coefficient (Wildman–Crippen LogP) is 8.36. The molecule has 0 saturated heterocycles. The van der Waals surface area contributed by atoms with Crippen LogP contribution in [0.15, 0.2) is 82.5 Å². The van der Waals surface area contributed by atoms with E-state index >= 15 is 0 Å². The average Bonchev–Trinajstić information content (AvgIpc) is 2.74. The summed E-state index contributed by atoms with van der Waals surface area (Å²) in [6.45, 7) is 19.3. The van der Waals surface area contributed by atoms with Crippen molar-refractivity contribution in [3.8, 4) is 0 Å². The van der Waals surface area contributed by atoms with E-state index in [0.29, 0.717) is 12.3 Å². The summed E-state index contributed by atoms with van der Waals surface area (Å²) in [5.41, 5.74) is 6.29. The molecule has 198 valence electrons. The molecule has 0 aromatic rings. The van der Waals surface area contributed by atoms with E-state index in [1.165, 1.54) is 27.9 Å². The zero-order valence-electron chi connectivity index (χ0n) is 24.0. The lowest BCUT2D eigenvalue weighted by molar-refractivity contribution is -0.150. The molecule has 36 heavy (non-hydrogen) atoms. The Hall–Kier alpha value is -2.39. The summed E-state index contributed by atoms with van der Waals surface area (Å²) in [7, 11) is 0. The second-order valence-electron chi connectivity index (χ2n) is 12.0. The Morgan fingerprint density at radius 2 is 1.67 bits per heavy atom. The van der Waals surface area contributed by atoms with Crippen LogP contribution in [0.3, 0.4) is 0 Å². The van der Waals surface area contributed by atoms with Gasteiger partial charge in [-0.1, -0.05) is 112 Å². The second-order valence-corrected chi connectivity index (χ2v) is 12.0. The maximum Gasteiger partial charge on any atom is 0.305 e. The molecule has 0 aromatic heterocycles. The Morgan fingerprint density at radius 1 is 1.06 bits per heavy atom. The van der Waals surface area contributed by atoms with Crippen LogP contribution in [0, 0.1) is 16.7 Å². The fraction of sp³-hybridized carbons (Fsp3) is 0.545. The van der Waals surface area contributed by atoms with Crippen LogP contribution in [0.4, 0.5) is 0 Å². The van der Waals surface area contributed by atoms with Crippen molar-refractivity contribution in [3.63, 3.8) is 0 Å². The highest BCUT2D eigenvalue weighted by atomic mass is 16.5. The van der Waals surface area contributed by atoms with Crippen molar-refractivity contribution in [1.29, 1.82) is 0 Å². The number of hydrogen-bond acceptors (Lipinski definition) is 3. The third kappa shape index (κ3) is 8.62. The number of rotatable bonds is 8. The summed E-state index contributed by atoms with van der Waals surface area (Å²) in [6, 6.07) is 0. The number of ether oxygens (including phenoxy) is 1. The van der Waals surface area contributed by atoms with Crippen LogP contribution in [0.5, 0.6) is 0 Å². The van der Waals surface area contributed by atoms with E-state index in [1.807, 2.05) is 13.0 Å². The van der Waals surface area contributed by atoms with E-state index in [-0.39, 0.29) is 29.0 Å². The molecule has 0 amide bonds. The molecule has 0 heterocycles. The maximum absolute atomic E-state index is 11.7. The van der Waals surface area contributed by atoms with Gasteiger partial charge in [0.25, 0.3) is 0 Å². The Morgan fingerprint density at radius 3 is 2.22 bits per heavy atom. The normalized spacial score (nSPS) is 27.3. The fourth-order valence-corrected chi connectivity index (χ4v) is 5.65. The van der Waals surface area contributed by atoms with Crippen molar-refractivity contribution in [1.82, 2.24) is 0 Å². The third-order valence-electron chi connectivity index (χ3n) is 7.46. The number of carbonyl (C=O) groups is 1. The summed E-state index contributed by atoms with van der Waals surface area (Å²) in [5.74, 6) is 0.230. The highest BCUT2D eigenvalue weighted by molar-refractivity contribution is 5.69. The van der Waals surface area contributed by atoms with Gasteiger partial charge < -0.3 is 9.84 Å². The van der Waals surface area contributed by atoms with Gasteiger partial charge in [-0.25, -0.2) is 0 Å². The minimum Gasteiger partial charge on any atom is -0.462 e. The quantitative estimate of drug-likeness (QED) is 0.210. The predicted molar refractivity (Wildman–Crippen MR) is 152 cm³/mol. The molecule has 2 aliphatic carbocycles. The summed E-state index contributed by atoms with van der Waals surface area (Å²) in [6.07, 6.45) is 21.8. The number of aliphatic hydroxyl groups is 1. The molecule has 3 unspecified atom stereocenters. The highest BCUT2D eigenvalue weighted by Gasteiger charge is 2.35. The summed E-state index contributed by atoms with van der Waals surface area (Å²) in [5, 5.41) is 10.0. The van der Waals surface area contributed by atoms with E-state index in [2.05, 4.69) is 104 Å². The first-order chi connectivity index (χ1) is 16.7. The van der Waals surface area contributed by atoms with Crippen LogP contribution in [0.2, 0.25) is 0 Å². The fourth-order valence-electron chi connectivity index (χ4n) is 5.65. The second kappa shape index (κ2) is 12.7. The van der Waals surface area contributed by atoms with Gasteiger partial charge in [-0.2, -0.15) is 0 Å². The monoisotopic (exact) mass is 492 g/mol. The van der Waals surface area contributed by atoms with Gasteiger partial charge in [-0.15, -0.1) is 0 Å². The molecular weight excluding hydrogens is 444 g/mol. The summed E-state index contributed by atoms with van der Waals surface area (Å²) in [4.78, 5) is 11.7. The van der Waals surface area contributed by atoms with Crippen LogP contribution in [0.1, 0.15) is 88.0 Å². The first-order valence-electron chi connectivity index (χ1n) is 13.4. The lowest BCUT2D eigenvalue weighted by Gasteiger charge is -2.38. The first kappa shape index (κ1) is 29.8. The molecule has 3 atom stereocenters. The topological polar surface area (TPSA) is 46.5 Å². The highest BCUT2D eigenvalue weighted by Crippen LogP contribution is 2.43. The molecule has 0 radical (unpaired) electrons. The molecule has 2 rings (SSSR count). The van der Waals surface area contributed by atoms with Crippen molar-refractivity contribution < 1.29 is 14.6 Å². The number of hydrogen-bond donors (Lipinski definition) is 1. The van der Waals surface area contributed by atoms with E-state index in [9.17, 15) is 9.90 Å². The van der Waals surface area contributed by atoms with Crippen molar-refractivity contribution in [2.45, 2.75) is 100 Å². The first-order valence-corrected chi connectivity index (χ1v) is 13.4. The van der Waals surface area contributed by atoms with Gasteiger partial charge in [0.15, 0.2) is 0 Å². The Bertz CT molecular complexity index is 1010. The molecule has 1 N–H and O–H groups in total. The standard InChI is InChI=1S/C33H48O3/c1-10-31(35)36-28-20-26(5)30(33(8,9)22-28)18-16-24(3)14-12-11-13-23(2)15-17-29-25(4)19-27(34)21-32(29,6)7/h11-19,27-29,34H,10,20-22H2,1-9H3. The molecule has 0 spiro atoms. The van der Waals surface area contributed by atoms with Crippen LogP contribution < -0.4 is 0 Å². The average molecular weight is 493 g/mol. The van der Waals surface area contributed by atoms with Crippen molar-refractivity contribution >= 4 is 5.97 Å². The zero-order valence-corrected chi connectivity index (χ0v) is 24.0. The molecule has 3 nitrogen and oxygen atoms in total. The lowest BCUT2D eigenvalue weighted by Crippen LogP contribution is -2.32. The minimum absolute atomic E-state index is 0.0241. The maximum atomic E-state index is 11.7. The SMILES string of the molecule is CCC(=O)OC1CC(C)=C(C=CC(C)=CC=CC=C(C)C=CC2C(C)=CC(O)CC2(C)C)C(C)(C)C1. The molecule has 0 fully saturated rings. The zero-order chi connectivity index (χ0) is 27.1. The molecule has 2 aliphatic rings. The smallest absolute Gasteiger partial charge is 0.305 e. The van der Waals surface area contributed by atoms with Crippen LogP contribution in [-0.2, 0) is 9.53 Å². The summed E-state index contributed by atoms with van der Waals surface area (Å²) >= 11 is 0. The minimum atomic E-state index is -0.333. The van der Waals surface area contributed by atoms with Gasteiger partial charge in [0, 0.05) is 18.8 Å². The molecule has 0 aliphatic heterocycles. The van der Waals surface area contributed by atoms with Gasteiger partial charge >= 0.3 is 5.97 Å². The van der Waals surface area contributed by atoms with Crippen LogP contribution in [-0.4, -0.2) is 23.3 Å². The molecule has 3 heteroatoms. The number of allylic oxidation sites excluding steroid dienone is 12. The van der Waals surface area contributed by atoms with Gasteiger partial charge in [0.2, 0.25) is 0 Å². The van der Waals surface area contributed by atoms with Crippen molar-refractivity contribution in [3.05, 3.63) is 82.5 Å². The third-order valence-corrected chi connectivity index (χ3v) is 7.46. The van der Waals surface area contributed by atoms with E-state index in [4.69, 9.17) is 4.74 Å². The largest absolute Gasteiger partial charge is 0.462 e. The van der Waals surface area contributed by atoms with E-state index < -0.39 is 0 Å². The Balaban J connectivity index is 2.01. The van der Waals surface area contributed by atoms with Gasteiger partial charge in [-0.3, -0.25) is 4.79 Å². The summed E-state index contributed by atoms with van der Waals surface area (Å²) < 4.78 is 5.64.